The molecule has 0 heterocycles. The predicted molar refractivity (Wildman–Crippen MR) is 130 cm³/mol. The monoisotopic (exact) mass is 540 g/mol. The van der Waals surface area contributed by atoms with Crippen LogP contribution < -0.4 is 5.32 Å². The number of hydrogen-bond acceptors (Lipinski definition) is 7. The average Bonchev–Trinajstić information content (AvgIpc) is 2.75. The zero-order chi connectivity index (χ0) is 27.7. The molecule has 1 aromatic rings. The Morgan fingerprint density at radius 2 is 1.72 bits per heavy atom. The number of amides is 1. The van der Waals surface area contributed by atoms with Gasteiger partial charge in [0.2, 0.25) is 5.91 Å². The first-order valence-electron chi connectivity index (χ1n) is 11.3. The van der Waals surface area contributed by atoms with Crippen molar-refractivity contribution in [2.45, 2.75) is 70.7 Å². The van der Waals surface area contributed by atoms with Gasteiger partial charge in [-0.3, -0.25) is 9.59 Å². The minimum atomic E-state index is -4.59. The van der Waals surface area contributed by atoms with Gasteiger partial charge in [0, 0.05) is 33.4 Å². The Kier molecular flexibility index (Phi) is 12.4. The van der Waals surface area contributed by atoms with Crippen molar-refractivity contribution in [2.75, 3.05) is 39.8 Å². The van der Waals surface area contributed by atoms with Crippen LogP contribution in [-0.4, -0.2) is 75.2 Å². The fraction of sp³-hybridized carbons (Fsp3) is 0.667. The molecule has 0 aliphatic rings. The van der Waals surface area contributed by atoms with Gasteiger partial charge in [-0.2, -0.15) is 13.2 Å². The van der Waals surface area contributed by atoms with Crippen LogP contribution in [0.15, 0.2) is 18.2 Å². The molecule has 0 saturated carbocycles. The van der Waals surface area contributed by atoms with Crippen molar-refractivity contribution >= 4 is 29.2 Å². The van der Waals surface area contributed by atoms with Gasteiger partial charge in [-0.15, -0.1) is 0 Å². The predicted octanol–water partition coefficient (Wildman–Crippen LogP) is 4.74. The number of halogens is 4. The molecule has 0 radical (unpaired) electrons. The molecular formula is C24H36ClF3N2O6. The summed E-state index contributed by atoms with van der Waals surface area (Å²) in [7, 11) is 4.32. The molecule has 0 spiro atoms. The van der Waals surface area contributed by atoms with Crippen LogP contribution in [0.5, 0.6) is 0 Å². The van der Waals surface area contributed by atoms with Crippen LogP contribution in [0.25, 0.3) is 0 Å². The normalized spacial score (nSPS) is 13.9. The molecule has 1 rings (SSSR count). The summed E-state index contributed by atoms with van der Waals surface area (Å²) in [5.74, 6) is -0.826. The maximum Gasteiger partial charge on any atom is 0.417 e. The van der Waals surface area contributed by atoms with Crippen molar-refractivity contribution in [1.29, 1.82) is 0 Å². The summed E-state index contributed by atoms with van der Waals surface area (Å²) in [6.45, 7) is 6.98. The van der Waals surface area contributed by atoms with Gasteiger partial charge in [0.1, 0.15) is 11.6 Å². The Bertz CT molecular complexity index is 859. The summed E-state index contributed by atoms with van der Waals surface area (Å²) in [5, 5.41) is 2.40. The van der Waals surface area contributed by atoms with Crippen molar-refractivity contribution in [3.8, 4) is 0 Å². The lowest BCUT2D eigenvalue weighted by Crippen LogP contribution is -2.52. The lowest BCUT2D eigenvalue weighted by molar-refractivity contribution is -0.158. The van der Waals surface area contributed by atoms with Crippen LogP contribution in [0, 0.1) is 0 Å². The minimum Gasteiger partial charge on any atom is -0.460 e. The number of ether oxygens (including phenoxy) is 4. The van der Waals surface area contributed by atoms with E-state index in [1.807, 2.05) is 0 Å². The van der Waals surface area contributed by atoms with E-state index in [1.165, 1.54) is 32.3 Å². The van der Waals surface area contributed by atoms with Crippen molar-refractivity contribution in [3.05, 3.63) is 28.8 Å². The molecule has 36 heavy (non-hydrogen) atoms. The lowest BCUT2D eigenvalue weighted by atomic mass is 10.1. The van der Waals surface area contributed by atoms with Gasteiger partial charge in [-0.25, -0.2) is 0 Å². The van der Waals surface area contributed by atoms with Gasteiger partial charge in [0.05, 0.1) is 29.8 Å². The van der Waals surface area contributed by atoms with Crippen LogP contribution >= 0.6 is 11.6 Å². The van der Waals surface area contributed by atoms with Crippen LogP contribution in [-0.2, 0) is 34.7 Å². The summed E-state index contributed by atoms with van der Waals surface area (Å²) >= 11 is 5.81. The molecule has 0 bridgehead atoms. The zero-order valence-corrected chi connectivity index (χ0v) is 22.5. The quantitative estimate of drug-likeness (QED) is 0.285. The number of nitrogens with one attached hydrogen (secondary N) is 1. The third-order valence-corrected chi connectivity index (χ3v) is 5.40. The van der Waals surface area contributed by atoms with Crippen molar-refractivity contribution in [1.82, 2.24) is 4.90 Å². The van der Waals surface area contributed by atoms with Gasteiger partial charge >= 0.3 is 12.1 Å². The molecule has 1 amide bonds. The van der Waals surface area contributed by atoms with E-state index in [0.29, 0.717) is 0 Å². The van der Waals surface area contributed by atoms with E-state index in [4.69, 9.17) is 30.5 Å². The first kappa shape index (κ1) is 31.9. The largest absolute Gasteiger partial charge is 0.460 e. The number of benzene rings is 1. The van der Waals surface area contributed by atoms with Gasteiger partial charge in [-0.1, -0.05) is 11.6 Å². The van der Waals surface area contributed by atoms with Crippen LogP contribution in [0.2, 0.25) is 5.02 Å². The number of anilines is 1. The number of carbonyl (C=O) groups excluding carboxylic acids is 2. The first-order valence-corrected chi connectivity index (χ1v) is 11.7. The molecule has 206 valence electrons. The Labute approximate surface area is 215 Å². The second-order valence-electron chi connectivity index (χ2n) is 9.18. The van der Waals surface area contributed by atoms with Crippen LogP contribution in [0.3, 0.4) is 0 Å². The standard InChI is InChI=1S/C24H36ClF3N2O6/c1-15(29-16-8-10-18(19(25)12-16)24(26,27)28)22(32)30(13-21(34-6)35-7)17(14-33-5)9-11-20(31)36-23(2,3)4/h8,10,12,15,17,21,29H,9,11,13-14H2,1-7H3/t15-,17-/m0/s1. The molecule has 8 nitrogen and oxygen atoms in total. The SMILES string of the molecule is COC[C@H](CCC(=O)OC(C)(C)C)N(CC(OC)OC)C(=O)[C@H](C)Nc1ccc(C(F)(F)F)c(Cl)c1. The molecule has 1 N–H and O–H groups in total. The maximum absolute atomic E-state index is 13.5. The molecule has 0 saturated heterocycles. The molecule has 0 aliphatic carbocycles. The number of esters is 1. The summed E-state index contributed by atoms with van der Waals surface area (Å²) in [5.41, 5.74) is -1.39. The fourth-order valence-electron chi connectivity index (χ4n) is 3.42. The highest BCUT2D eigenvalue weighted by Crippen LogP contribution is 2.36. The maximum atomic E-state index is 13.5. The molecule has 12 heteroatoms. The summed E-state index contributed by atoms with van der Waals surface area (Å²) < 4.78 is 60.2. The number of carbonyl (C=O) groups is 2. The molecule has 1 aromatic carbocycles. The van der Waals surface area contributed by atoms with Crippen molar-refractivity contribution in [2.24, 2.45) is 0 Å². The van der Waals surface area contributed by atoms with E-state index in [9.17, 15) is 22.8 Å². The summed E-state index contributed by atoms with van der Waals surface area (Å²) in [4.78, 5) is 27.2. The van der Waals surface area contributed by atoms with Gasteiger partial charge < -0.3 is 29.2 Å². The summed E-state index contributed by atoms with van der Waals surface area (Å²) in [6.07, 6.45) is -5.07. The van der Waals surface area contributed by atoms with Crippen molar-refractivity contribution in [3.63, 3.8) is 0 Å². The van der Waals surface area contributed by atoms with Gasteiger partial charge in [0.25, 0.3) is 0 Å². The highest BCUT2D eigenvalue weighted by atomic mass is 35.5. The van der Waals surface area contributed by atoms with E-state index >= 15 is 0 Å². The van der Waals surface area contributed by atoms with Crippen molar-refractivity contribution < 1.29 is 41.7 Å². The molecule has 0 aromatic heterocycles. The minimum absolute atomic E-state index is 0.0218. The molecule has 0 fully saturated rings. The Morgan fingerprint density at radius 3 is 2.19 bits per heavy atom. The van der Waals surface area contributed by atoms with Gasteiger partial charge in [0.15, 0.2) is 6.29 Å². The number of nitrogens with zero attached hydrogens (tertiary/aromatic N) is 1. The fourth-order valence-corrected chi connectivity index (χ4v) is 3.71. The molecule has 0 unspecified atom stereocenters. The van der Waals surface area contributed by atoms with E-state index < -0.39 is 52.6 Å². The Hall–Kier alpha value is -2.08. The zero-order valence-electron chi connectivity index (χ0n) is 21.7. The van der Waals surface area contributed by atoms with Gasteiger partial charge in [-0.05, 0) is 52.3 Å². The number of methoxy groups -OCH3 is 3. The first-order chi connectivity index (χ1) is 16.6. The average molecular weight is 541 g/mol. The second kappa shape index (κ2) is 14.0. The third-order valence-electron chi connectivity index (χ3n) is 5.08. The van der Waals surface area contributed by atoms with Crippen LogP contribution in [0.4, 0.5) is 18.9 Å². The van der Waals surface area contributed by atoms with E-state index in [0.717, 1.165) is 12.1 Å². The number of hydrogen-bond donors (Lipinski definition) is 1. The smallest absolute Gasteiger partial charge is 0.417 e. The molecule has 2 atom stereocenters. The van der Waals surface area contributed by atoms with E-state index in [2.05, 4.69) is 5.32 Å². The van der Waals surface area contributed by atoms with Crippen LogP contribution in [0.1, 0.15) is 46.1 Å². The number of alkyl halides is 3. The molecular weight excluding hydrogens is 505 g/mol. The molecule has 0 aliphatic heterocycles. The Balaban J connectivity index is 3.12. The van der Waals surface area contributed by atoms with E-state index in [1.54, 1.807) is 27.7 Å². The highest BCUT2D eigenvalue weighted by molar-refractivity contribution is 6.31. The lowest BCUT2D eigenvalue weighted by Gasteiger charge is -2.35. The second-order valence-corrected chi connectivity index (χ2v) is 9.59. The Morgan fingerprint density at radius 1 is 1.11 bits per heavy atom. The highest BCUT2D eigenvalue weighted by Gasteiger charge is 2.34. The van der Waals surface area contributed by atoms with E-state index in [-0.39, 0.29) is 31.7 Å². The summed E-state index contributed by atoms with van der Waals surface area (Å²) in [6, 6.07) is 1.75. The number of rotatable bonds is 13. The third kappa shape index (κ3) is 10.5. The topological polar surface area (TPSA) is 86.3 Å².